The summed E-state index contributed by atoms with van der Waals surface area (Å²) in [5, 5.41) is 7.01. The van der Waals surface area contributed by atoms with Gasteiger partial charge < -0.3 is 9.80 Å². The Balaban J connectivity index is 1.14. The fourth-order valence-electron chi connectivity index (χ4n) is 5.44. The first kappa shape index (κ1) is 23.4. The van der Waals surface area contributed by atoms with Crippen LogP contribution in [0.5, 0.6) is 0 Å². The molecule has 3 amide bonds. The van der Waals surface area contributed by atoms with E-state index in [9.17, 15) is 18.8 Å². The third-order valence-corrected chi connectivity index (χ3v) is 7.36. The van der Waals surface area contributed by atoms with E-state index in [0.29, 0.717) is 24.3 Å². The van der Waals surface area contributed by atoms with Crippen molar-refractivity contribution in [1.82, 2.24) is 24.9 Å². The van der Waals surface area contributed by atoms with Gasteiger partial charge in [0.05, 0.1) is 11.4 Å². The lowest BCUT2D eigenvalue weighted by atomic mass is 10.0. The van der Waals surface area contributed by atoms with E-state index >= 15 is 0 Å². The molecule has 0 spiro atoms. The minimum atomic E-state index is -0.721. The lowest BCUT2D eigenvalue weighted by Gasteiger charge is -2.36. The van der Waals surface area contributed by atoms with Crippen LogP contribution in [0, 0.1) is 5.82 Å². The Hall–Kier alpha value is -4.05. The van der Waals surface area contributed by atoms with E-state index in [2.05, 4.69) is 15.1 Å². The molecule has 4 heterocycles. The van der Waals surface area contributed by atoms with Gasteiger partial charge in [-0.2, -0.15) is 5.10 Å². The second kappa shape index (κ2) is 9.44. The van der Waals surface area contributed by atoms with Crippen LogP contribution in [0.25, 0.3) is 5.69 Å². The summed E-state index contributed by atoms with van der Waals surface area (Å²) in [5.41, 5.74) is 3.74. The second-order valence-electron chi connectivity index (χ2n) is 9.70. The van der Waals surface area contributed by atoms with Gasteiger partial charge in [0.1, 0.15) is 11.9 Å². The van der Waals surface area contributed by atoms with Gasteiger partial charge in [0.25, 0.3) is 5.91 Å². The monoisotopic (exact) mass is 502 g/mol. The summed E-state index contributed by atoms with van der Waals surface area (Å²) in [6, 6.07) is 14.0. The number of hydrogen-bond donors (Lipinski definition) is 1. The van der Waals surface area contributed by atoms with Crippen molar-refractivity contribution in [2.45, 2.75) is 32.0 Å². The predicted molar refractivity (Wildman–Crippen MR) is 133 cm³/mol. The Bertz CT molecular complexity index is 1370. The average Bonchev–Trinajstić information content (AvgIpc) is 3.49. The molecule has 1 N–H and O–H groups in total. The molecule has 3 aliphatic rings. The van der Waals surface area contributed by atoms with Crippen LogP contribution in [-0.2, 0) is 22.7 Å². The number of halogens is 1. The summed E-state index contributed by atoms with van der Waals surface area (Å²) < 4.78 is 16.5. The van der Waals surface area contributed by atoms with E-state index in [1.54, 1.807) is 0 Å². The maximum Gasteiger partial charge on any atom is 0.255 e. The first-order valence-corrected chi connectivity index (χ1v) is 12.5. The number of carbonyl (C=O) groups excluding carboxylic acids is 3. The molecule has 37 heavy (non-hydrogen) atoms. The largest absolute Gasteiger partial charge is 0.369 e. The molecule has 0 radical (unpaired) electrons. The molecule has 0 bridgehead atoms. The highest BCUT2D eigenvalue weighted by Gasteiger charge is 2.41. The molecule has 0 aliphatic carbocycles. The van der Waals surface area contributed by atoms with E-state index in [0.717, 1.165) is 36.6 Å². The second-order valence-corrected chi connectivity index (χ2v) is 9.70. The van der Waals surface area contributed by atoms with Crippen molar-refractivity contribution >= 4 is 23.4 Å². The molecule has 3 aliphatic heterocycles. The minimum Gasteiger partial charge on any atom is -0.369 e. The zero-order chi connectivity index (χ0) is 25.5. The molecular formula is C27H27FN6O3. The van der Waals surface area contributed by atoms with E-state index in [1.165, 1.54) is 17.0 Å². The van der Waals surface area contributed by atoms with E-state index < -0.39 is 17.8 Å². The van der Waals surface area contributed by atoms with Crippen LogP contribution in [0.4, 0.5) is 10.1 Å². The quantitative estimate of drug-likeness (QED) is 0.538. The maximum absolute atomic E-state index is 14.6. The van der Waals surface area contributed by atoms with Crippen molar-refractivity contribution < 1.29 is 18.8 Å². The summed E-state index contributed by atoms with van der Waals surface area (Å²) in [7, 11) is 0. The van der Waals surface area contributed by atoms with Gasteiger partial charge >= 0.3 is 0 Å². The Kier molecular flexibility index (Phi) is 5.96. The molecule has 2 fully saturated rings. The van der Waals surface area contributed by atoms with E-state index in [-0.39, 0.29) is 31.2 Å². The number of nitrogens with one attached hydrogen (secondary N) is 1. The average molecular weight is 503 g/mol. The number of benzene rings is 2. The van der Waals surface area contributed by atoms with Gasteiger partial charge in [-0.1, -0.05) is 18.2 Å². The molecule has 6 rings (SSSR count). The number of piperazine rings is 1. The van der Waals surface area contributed by atoms with Gasteiger partial charge in [-0.25, -0.2) is 9.07 Å². The summed E-state index contributed by atoms with van der Waals surface area (Å²) in [5.74, 6) is -1.64. The molecule has 2 aromatic carbocycles. The number of hydrogen-bond acceptors (Lipinski definition) is 6. The summed E-state index contributed by atoms with van der Waals surface area (Å²) in [4.78, 5) is 43.0. The standard InChI is InChI=1S/C27H27FN6O3/c28-18-14-21-22(17-33(27(21)37)23-6-7-25(35)29-26(23)36)24(15-18)32-12-10-31(11-13-32)16-19-8-9-34(30-19)20-4-2-1-3-5-20/h1-5,8-9,14-15,23H,6-7,10-13,16-17H2,(H,29,35,36). The van der Waals surface area contributed by atoms with Crippen molar-refractivity contribution in [2.24, 2.45) is 0 Å². The van der Waals surface area contributed by atoms with Crippen LogP contribution in [0.3, 0.4) is 0 Å². The lowest BCUT2D eigenvalue weighted by molar-refractivity contribution is -0.136. The molecule has 10 heteroatoms. The zero-order valence-electron chi connectivity index (χ0n) is 20.3. The Morgan fingerprint density at radius 3 is 2.54 bits per heavy atom. The fourth-order valence-corrected chi connectivity index (χ4v) is 5.44. The van der Waals surface area contributed by atoms with Crippen LogP contribution in [0.15, 0.2) is 54.7 Å². The van der Waals surface area contributed by atoms with E-state index in [1.807, 2.05) is 47.3 Å². The van der Waals surface area contributed by atoms with Crippen LogP contribution in [-0.4, -0.2) is 69.5 Å². The lowest BCUT2D eigenvalue weighted by Crippen LogP contribution is -2.52. The molecule has 1 aromatic heterocycles. The van der Waals surface area contributed by atoms with Crippen molar-refractivity contribution in [3.63, 3.8) is 0 Å². The van der Waals surface area contributed by atoms with Gasteiger partial charge in [0, 0.05) is 68.7 Å². The third-order valence-electron chi connectivity index (χ3n) is 7.36. The topological polar surface area (TPSA) is 90.8 Å². The highest BCUT2D eigenvalue weighted by molar-refractivity contribution is 6.06. The first-order valence-electron chi connectivity index (χ1n) is 12.5. The number of piperidine rings is 1. The number of aromatic nitrogens is 2. The fraction of sp³-hybridized carbons (Fsp3) is 0.333. The first-order chi connectivity index (χ1) is 18.0. The van der Waals surface area contributed by atoms with Gasteiger partial charge in [-0.3, -0.25) is 24.6 Å². The Morgan fingerprint density at radius 1 is 1.00 bits per heavy atom. The highest BCUT2D eigenvalue weighted by Crippen LogP contribution is 2.35. The summed E-state index contributed by atoms with van der Waals surface area (Å²) >= 11 is 0. The molecule has 1 unspecified atom stereocenters. The van der Waals surface area contributed by atoms with Gasteiger partial charge in [-0.15, -0.1) is 0 Å². The Labute approximate surface area is 213 Å². The van der Waals surface area contributed by atoms with Crippen LogP contribution < -0.4 is 10.2 Å². The number of para-hydroxylation sites is 1. The molecule has 2 saturated heterocycles. The van der Waals surface area contributed by atoms with Gasteiger partial charge in [0.2, 0.25) is 11.8 Å². The predicted octanol–water partition coefficient (Wildman–Crippen LogP) is 2.09. The van der Waals surface area contributed by atoms with Crippen LogP contribution in [0.1, 0.15) is 34.5 Å². The van der Waals surface area contributed by atoms with Crippen molar-refractivity contribution in [3.8, 4) is 5.69 Å². The summed E-state index contributed by atoms with van der Waals surface area (Å²) in [6.07, 6.45) is 2.42. The smallest absolute Gasteiger partial charge is 0.255 e. The van der Waals surface area contributed by atoms with E-state index in [4.69, 9.17) is 5.10 Å². The molecule has 9 nitrogen and oxygen atoms in total. The van der Waals surface area contributed by atoms with Crippen LogP contribution in [0.2, 0.25) is 0 Å². The molecular weight excluding hydrogens is 475 g/mol. The normalized spacial score (nSPS) is 20.4. The summed E-state index contributed by atoms with van der Waals surface area (Å²) in [6.45, 7) is 3.86. The molecule has 1 atom stereocenters. The number of fused-ring (bicyclic) bond motifs is 1. The van der Waals surface area contributed by atoms with Crippen molar-refractivity contribution in [1.29, 1.82) is 0 Å². The zero-order valence-corrected chi connectivity index (χ0v) is 20.3. The maximum atomic E-state index is 14.6. The van der Waals surface area contributed by atoms with Crippen LogP contribution >= 0.6 is 0 Å². The number of anilines is 1. The SMILES string of the molecule is O=C1CCC(N2Cc3c(cc(F)cc3N3CCN(Cc4ccn(-c5ccccc5)n4)CC3)C2=O)C(=O)N1. The minimum absolute atomic E-state index is 0.184. The van der Waals surface area contributed by atoms with Gasteiger partial charge in [0.15, 0.2) is 0 Å². The number of amides is 3. The molecule has 190 valence electrons. The molecule has 0 saturated carbocycles. The number of nitrogens with zero attached hydrogens (tertiary/aromatic N) is 5. The highest BCUT2D eigenvalue weighted by atomic mass is 19.1. The number of imide groups is 1. The van der Waals surface area contributed by atoms with Crippen molar-refractivity contribution in [3.05, 3.63) is 77.4 Å². The number of carbonyl (C=O) groups is 3. The molecule has 3 aromatic rings. The Morgan fingerprint density at radius 2 is 1.78 bits per heavy atom. The van der Waals surface area contributed by atoms with Gasteiger partial charge in [-0.05, 0) is 36.8 Å². The third kappa shape index (κ3) is 4.48. The van der Waals surface area contributed by atoms with Crippen molar-refractivity contribution in [2.75, 3.05) is 31.1 Å². The number of rotatable bonds is 5.